The number of benzene rings is 3. The van der Waals surface area contributed by atoms with Crippen molar-refractivity contribution in [2.75, 3.05) is 28.1 Å². The van der Waals surface area contributed by atoms with E-state index in [9.17, 15) is 18.0 Å². The first-order valence-corrected chi connectivity index (χ1v) is 12.1. The number of hydrogen-bond acceptors (Lipinski definition) is 5. The predicted molar refractivity (Wildman–Crippen MR) is 133 cm³/mol. The summed E-state index contributed by atoms with van der Waals surface area (Å²) in [6.07, 6.45) is 0. The van der Waals surface area contributed by atoms with Gasteiger partial charge in [-0.15, -0.1) is 0 Å². The second-order valence-electron chi connectivity index (χ2n) is 7.58. The molecule has 0 aliphatic carbocycles. The maximum atomic E-state index is 13.1. The maximum Gasteiger partial charge on any atom is 0.264 e. The molecule has 0 radical (unpaired) electrons. The summed E-state index contributed by atoms with van der Waals surface area (Å²) in [6.45, 7) is 5.10. The van der Waals surface area contributed by atoms with E-state index < -0.39 is 10.0 Å². The summed E-state index contributed by atoms with van der Waals surface area (Å²) >= 11 is 0. The molecule has 0 aromatic heterocycles. The zero-order valence-corrected chi connectivity index (χ0v) is 20.1. The summed E-state index contributed by atoms with van der Waals surface area (Å²) in [7, 11) is -3.70. The Morgan fingerprint density at radius 3 is 2.12 bits per heavy atom. The molecule has 3 aromatic rings. The van der Waals surface area contributed by atoms with Crippen molar-refractivity contribution in [3.05, 3.63) is 78.4 Å². The van der Waals surface area contributed by atoms with Crippen LogP contribution in [0.4, 0.5) is 17.1 Å². The van der Waals surface area contributed by atoms with E-state index in [4.69, 9.17) is 4.74 Å². The molecule has 2 N–H and O–H groups in total. The molecule has 0 aliphatic heterocycles. The summed E-state index contributed by atoms with van der Waals surface area (Å²) in [5.74, 6) is -0.153. The molecular weight excluding hydrogens is 454 g/mol. The minimum atomic E-state index is -3.70. The number of carbonyl (C=O) groups excluding carboxylic acids is 2. The van der Waals surface area contributed by atoms with Crippen molar-refractivity contribution < 1.29 is 22.7 Å². The zero-order chi connectivity index (χ0) is 24.7. The lowest BCUT2D eigenvalue weighted by atomic mass is 10.2. The number of rotatable bonds is 9. The molecule has 0 saturated heterocycles. The van der Waals surface area contributed by atoms with E-state index in [1.54, 1.807) is 79.7 Å². The summed E-state index contributed by atoms with van der Waals surface area (Å²) in [5, 5.41) is 5.35. The minimum Gasteiger partial charge on any atom is -0.484 e. The van der Waals surface area contributed by atoms with Crippen LogP contribution < -0.4 is 19.7 Å². The van der Waals surface area contributed by atoms with Crippen LogP contribution in [-0.2, 0) is 19.6 Å². The Morgan fingerprint density at radius 2 is 1.53 bits per heavy atom. The van der Waals surface area contributed by atoms with Gasteiger partial charge in [0.05, 0.1) is 10.6 Å². The van der Waals surface area contributed by atoms with Gasteiger partial charge in [0.25, 0.3) is 15.9 Å². The van der Waals surface area contributed by atoms with Crippen molar-refractivity contribution in [2.24, 2.45) is 0 Å². The fraction of sp³-hybridized carbons (Fsp3) is 0.200. The zero-order valence-electron chi connectivity index (χ0n) is 19.2. The molecule has 178 valence electrons. The molecule has 0 spiro atoms. The van der Waals surface area contributed by atoms with Gasteiger partial charge < -0.3 is 15.4 Å². The Balaban J connectivity index is 1.62. The predicted octanol–water partition coefficient (Wildman–Crippen LogP) is 4.19. The van der Waals surface area contributed by atoms with Gasteiger partial charge >= 0.3 is 0 Å². The maximum absolute atomic E-state index is 13.1. The van der Waals surface area contributed by atoms with Crippen LogP contribution in [0.15, 0.2) is 77.7 Å². The highest BCUT2D eigenvalue weighted by Crippen LogP contribution is 2.26. The lowest BCUT2D eigenvalue weighted by Crippen LogP contribution is -2.30. The largest absolute Gasteiger partial charge is 0.484 e. The summed E-state index contributed by atoms with van der Waals surface area (Å²) < 4.78 is 33.0. The highest BCUT2D eigenvalue weighted by Gasteiger charge is 2.23. The van der Waals surface area contributed by atoms with Crippen molar-refractivity contribution in [1.82, 2.24) is 0 Å². The van der Waals surface area contributed by atoms with Crippen LogP contribution in [0.1, 0.15) is 19.4 Å². The molecule has 0 bridgehead atoms. The second kappa shape index (κ2) is 10.8. The van der Waals surface area contributed by atoms with Gasteiger partial charge in [-0.1, -0.05) is 23.8 Å². The standard InChI is InChI=1S/C25H27N3O5S/c1-4-28(34(31,32)24-14-8-18(2)9-15-24)22-10-12-23(13-11-22)33-17-25(30)27-21-7-5-6-20(16-21)26-19(3)29/h5-16H,4,17H2,1-3H3,(H,26,29)(H,27,30). The van der Waals surface area contributed by atoms with E-state index in [1.165, 1.54) is 11.2 Å². The second-order valence-corrected chi connectivity index (χ2v) is 9.44. The number of nitrogens with one attached hydrogen (secondary N) is 2. The van der Waals surface area contributed by atoms with Gasteiger partial charge in [0.15, 0.2) is 6.61 Å². The lowest BCUT2D eigenvalue weighted by molar-refractivity contribution is -0.118. The molecule has 0 fully saturated rings. The third-order valence-electron chi connectivity index (χ3n) is 4.86. The third-order valence-corrected chi connectivity index (χ3v) is 6.77. The molecule has 8 nitrogen and oxygen atoms in total. The molecule has 0 unspecified atom stereocenters. The average Bonchev–Trinajstić information content (AvgIpc) is 2.79. The number of hydrogen-bond donors (Lipinski definition) is 2. The smallest absolute Gasteiger partial charge is 0.264 e. The SMILES string of the molecule is CCN(c1ccc(OCC(=O)Nc2cccc(NC(C)=O)c2)cc1)S(=O)(=O)c1ccc(C)cc1. The van der Waals surface area contributed by atoms with Gasteiger partial charge in [-0.05, 0) is 68.4 Å². The molecule has 0 saturated carbocycles. The number of amides is 2. The molecule has 3 aromatic carbocycles. The molecule has 3 rings (SSSR count). The first kappa shape index (κ1) is 24.8. The Morgan fingerprint density at radius 1 is 0.912 bits per heavy atom. The van der Waals surface area contributed by atoms with Gasteiger partial charge in [-0.3, -0.25) is 13.9 Å². The van der Waals surface area contributed by atoms with Gasteiger partial charge in [-0.2, -0.15) is 0 Å². The number of nitrogens with zero attached hydrogens (tertiary/aromatic N) is 1. The molecule has 0 heterocycles. The molecule has 2 amide bonds. The molecule has 0 atom stereocenters. The van der Waals surface area contributed by atoms with Crippen LogP contribution in [0.3, 0.4) is 0 Å². The first-order chi connectivity index (χ1) is 16.2. The fourth-order valence-electron chi connectivity index (χ4n) is 3.26. The Labute approximate surface area is 199 Å². The number of carbonyl (C=O) groups is 2. The van der Waals surface area contributed by atoms with E-state index >= 15 is 0 Å². The monoisotopic (exact) mass is 481 g/mol. The van der Waals surface area contributed by atoms with Crippen LogP contribution in [0, 0.1) is 6.92 Å². The molecule has 0 aliphatic rings. The van der Waals surface area contributed by atoms with Crippen LogP contribution in [0.25, 0.3) is 0 Å². The third kappa shape index (κ3) is 6.35. The first-order valence-electron chi connectivity index (χ1n) is 10.7. The number of sulfonamides is 1. The molecule has 9 heteroatoms. The van der Waals surface area contributed by atoms with Gasteiger partial charge in [-0.25, -0.2) is 8.42 Å². The van der Waals surface area contributed by atoms with Crippen molar-refractivity contribution in [1.29, 1.82) is 0 Å². The Hall–Kier alpha value is -3.85. The van der Waals surface area contributed by atoms with E-state index in [1.807, 2.05) is 6.92 Å². The Kier molecular flexibility index (Phi) is 7.91. The summed E-state index contributed by atoms with van der Waals surface area (Å²) in [4.78, 5) is 23.6. The van der Waals surface area contributed by atoms with E-state index in [2.05, 4.69) is 10.6 Å². The molecule has 34 heavy (non-hydrogen) atoms. The van der Waals surface area contributed by atoms with Crippen molar-refractivity contribution >= 4 is 38.9 Å². The van der Waals surface area contributed by atoms with Gasteiger partial charge in [0, 0.05) is 24.8 Å². The van der Waals surface area contributed by atoms with Crippen molar-refractivity contribution in [3.63, 3.8) is 0 Å². The van der Waals surface area contributed by atoms with Gasteiger partial charge in [0.1, 0.15) is 5.75 Å². The highest BCUT2D eigenvalue weighted by atomic mass is 32.2. The highest BCUT2D eigenvalue weighted by molar-refractivity contribution is 7.92. The van der Waals surface area contributed by atoms with Crippen LogP contribution in [0.5, 0.6) is 5.75 Å². The summed E-state index contributed by atoms with van der Waals surface area (Å²) in [6, 6.07) is 20.0. The minimum absolute atomic E-state index is 0.205. The lowest BCUT2D eigenvalue weighted by Gasteiger charge is -2.23. The van der Waals surface area contributed by atoms with Crippen LogP contribution in [0.2, 0.25) is 0 Å². The van der Waals surface area contributed by atoms with Crippen LogP contribution >= 0.6 is 0 Å². The van der Waals surface area contributed by atoms with Crippen molar-refractivity contribution in [2.45, 2.75) is 25.7 Å². The number of anilines is 3. The van der Waals surface area contributed by atoms with Crippen molar-refractivity contribution in [3.8, 4) is 5.75 Å². The quantitative estimate of drug-likeness (QED) is 0.477. The summed E-state index contributed by atoms with van der Waals surface area (Å²) in [5.41, 5.74) is 2.57. The van der Waals surface area contributed by atoms with E-state index in [0.717, 1.165) is 5.56 Å². The number of aryl methyl sites for hydroxylation is 1. The Bertz CT molecular complexity index is 1260. The average molecular weight is 482 g/mol. The normalized spacial score (nSPS) is 10.9. The topological polar surface area (TPSA) is 105 Å². The van der Waals surface area contributed by atoms with E-state index in [0.29, 0.717) is 22.8 Å². The number of ether oxygens (including phenoxy) is 1. The fourth-order valence-corrected chi connectivity index (χ4v) is 4.74. The van der Waals surface area contributed by atoms with Crippen LogP contribution in [-0.4, -0.2) is 33.4 Å². The molecular formula is C25H27N3O5S. The van der Waals surface area contributed by atoms with Gasteiger partial charge in [0.2, 0.25) is 5.91 Å². The van der Waals surface area contributed by atoms with E-state index in [-0.39, 0.29) is 29.9 Å².